The van der Waals surface area contributed by atoms with Crippen LogP contribution in [0.3, 0.4) is 0 Å². The summed E-state index contributed by atoms with van der Waals surface area (Å²) < 4.78 is 5.32. The summed E-state index contributed by atoms with van der Waals surface area (Å²) in [5.74, 6) is 0. The first kappa shape index (κ1) is 17.1. The van der Waals surface area contributed by atoms with Crippen molar-refractivity contribution < 1.29 is 4.74 Å². The van der Waals surface area contributed by atoms with E-state index in [-0.39, 0.29) is 6.10 Å². The summed E-state index contributed by atoms with van der Waals surface area (Å²) >= 11 is 1.66. The number of aromatic nitrogens is 1. The van der Waals surface area contributed by atoms with Crippen LogP contribution in [0.2, 0.25) is 0 Å². The fourth-order valence-electron chi connectivity index (χ4n) is 2.30. The second-order valence-corrected chi connectivity index (χ2v) is 6.25. The molecule has 0 aliphatic heterocycles. The molecule has 0 amide bonds. The van der Waals surface area contributed by atoms with Gasteiger partial charge in [0.05, 0.1) is 5.69 Å². The highest BCUT2D eigenvalue weighted by atomic mass is 32.1. The maximum atomic E-state index is 5.75. The largest absolute Gasteiger partial charge is 0.375 e. The number of thiazole rings is 1. The zero-order chi connectivity index (χ0) is 15.8. The summed E-state index contributed by atoms with van der Waals surface area (Å²) in [6.07, 6.45) is 1.10. The molecule has 1 aromatic heterocycles. The van der Waals surface area contributed by atoms with Crippen molar-refractivity contribution in [1.82, 2.24) is 9.88 Å². The molecular weight excluding hydrogens is 294 g/mol. The monoisotopic (exact) mass is 319 g/mol. The predicted molar refractivity (Wildman–Crippen MR) is 92.0 cm³/mol. The zero-order valence-electron chi connectivity index (χ0n) is 13.4. The van der Waals surface area contributed by atoms with Crippen LogP contribution in [0.1, 0.15) is 29.3 Å². The molecule has 0 radical (unpaired) electrons. The third kappa shape index (κ3) is 5.18. The minimum absolute atomic E-state index is 0.0611. The second kappa shape index (κ2) is 9.00. The molecule has 2 rings (SSSR count). The van der Waals surface area contributed by atoms with Gasteiger partial charge in [-0.05, 0) is 18.9 Å². The van der Waals surface area contributed by atoms with Crippen molar-refractivity contribution in [3.05, 3.63) is 52.0 Å². The summed E-state index contributed by atoms with van der Waals surface area (Å²) in [5, 5.41) is 3.16. The smallest absolute Gasteiger partial charge is 0.122 e. The van der Waals surface area contributed by atoms with Crippen LogP contribution in [0.4, 0.5) is 0 Å². The summed E-state index contributed by atoms with van der Waals surface area (Å²) in [6.45, 7) is 5.42. The van der Waals surface area contributed by atoms with Gasteiger partial charge >= 0.3 is 0 Å². The third-order valence-corrected chi connectivity index (χ3v) is 4.72. The van der Waals surface area contributed by atoms with Gasteiger partial charge in [0.25, 0.3) is 0 Å². The van der Waals surface area contributed by atoms with Gasteiger partial charge in [-0.15, -0.1) is 11.3 Å². The summed E-state index contributed by atoms with van der Waals surface area (Å²) in [4.78, 5) is 7.03. The quantitative estimate of drug-likeness (QED) is 0.772. The zero-order valence-corrected chi connectivity index (χ0v) is 14.2. The highest BCUT2D eigenvalue weighted by molar-refractivity contribution is 7.09. The summed E-state index contributed by atoms with van der Waals surface area (Å²) in [6, 6.07) is 10.6. The summed E-state index contributed by atoms with van der Waals surface area (Å²) in [5.41, 5.74) is 8.21. The van der Waals surface area contributed by atoms with Crippen LogP contribution in [-0.4, -0.2) is 36.6 Å². The SMILES string of the molecule is COC(C)c1nc(CN(CCN)CCc2ccccc2)cs1. The second-order valence-electron chi connectivity index (χ2n) is 5.36. The Morgan fingerprint density at radius 3 is 2.73 bits per heavy atom. The van der Waals surface area contributed by atoms with Gasteiger partial charge in [-0.25, -0.2) is 4.98 Å². The molecule has 0 saturated heterocycles. The van der Waals surface area contributed by atoms with Crippen LogP contribution in [0, 0.1) is 0 Å². The highest BCUT2D eigenvalue weighted by Gasteiger charge is 2.12. The number of benzene rings is 1. The lowest BCUT2D eigenvalue weighted by molar-refractivity contribution is 0.119. The maximum Gasteiger partial charge on any atom is 0.122 e. The molecule has 0 bridgehead atoms. The van der Waals surface area contributed by atoms with Crippen LogP contribution >= 0.6 is 11.3 Å². The molecule has 1 heterocycles. The Balaban J connectivity index is 1.92. The van der Waals surface area contributed by atoms with Crippen LogP contribution < -0.4 is 5.73 Å². The van der Waals surface area contributed by atoms with Crippen molar-refractivity contribution in [1.29, 1.82) is 0 Å². The average Bonchev–Trinajstić information content (AvgIpc) is 3.01. The van der Waals surface area contributed by atoms with Gasteiger partial charge in [-0.2, -0.15) is 0 Å². The molecule has 4 nitrogen and oxygen atoms in total. The van der Waals surface area contributed by atoms with Crippen molar-refractivity contribution in [3.63, 3.8) is 0 Å². The van der Waals surface area contributed by atoms with Gasteiger partial charge in [0.1, 0.15) is 11.1 Å². The van der Waals surface area contributed by atoms with Gasteiger partial charge < -0.3 is 10.5 Å². The van der Waals surface area contributed by atoms with Gasteiger partial charge in [0, 0.05) is 38.7 Å². The minimum atomic E-state index is 0.0611. The minimum Gasteiger partial charge on any atom is -0.375 e. The molecule has 0 saturated carbocycles. The van der Waals surface area contributed by atoms with E-state index in [0.717, 1.165) is 36.8 Å². The molecular formula is C17H25N3OS. The Labute approximate surface area is 136 Å². The molecule has 5 heteroatoms. The fraction of sp³-hybridized carbons (Fsp3) is 0.471. The Bertz CT molecular complexity index is 544. The van der Waals surface area contributed by atoms with E-state index in [1.165, 1.54) is 5.56 Å². The molecule has 1 unspecified atom stereocenters. The Morgan fingerprint density at radius 2 is 2.05 bits per heavy atom. The van der Waals surface area contributed by atoms with Crippen molar-refractivity contribution in [2.75, 3.05) is 26.7 Å². The Morgan fingerprint density at radius 1 is 1.27 bits per heavy atom. The molecule has 0 aliphatic rings. The number of hydrogen-bond donors (Lipinski definition) is 1. The van der Waals surface area contributed by atoms with E-state index in [2.05, 4.69) is 45.6 Å². The maximum absolute atomic E-state index is 5.75. The molecule has 22 heavy (non-hydrogen) atoms. The van der Waals surface area contributed by atoms with E-state index in [1.807, 2.05) is 6.92 Å². The van der Waals surface area contributed by atoms with Crippen molar-refractivity contribution in [2.24, 2.45) is 5.73 Å². The van der Waals surface area contributed by atoms with Crippen LogP contribution in [0.5, 0.6) is 0 Å². The lowest BCUT2D eigenvalue weighted by Gasteiger charge is -2.20. The van der Waals surface area contributed by atoms with Crippen LogP contribution in [-0.2, 0) is 17.7 Å². The topological polar surface area (TPSA) is 51.4 Å². The number of rotatable bonds is 9. The van der Waals surface area contributed by atoms with E-state index >= 15 is 0 Å². The molecule has 2 aromatic rings. The normalized spacial score (nSPS) is 12.7. The van der Waals surface area contributed by atoms with Crippen molar-refractivity contribution in [2.45, 2.75) is 26.0 Å². The van der Waals surface area contributed by atoms with Crippen molar-refractivity contribution in [3.8, 4) is 0 Å². The molecule has 0 aliphatic carbocycles. The average molecular weight is 319 g/mol. The van der Waals surface area contributed by atoms with Crippen LogP contribution in [0.25, 0.3) is 0 Å². The van der Waals surface area contributed by atoms with Gasteiger partial charge in [-0.3, -0.25) is 4.90 Å². The molecule has 1 aromatic carbocycles. The number of methoxy groups -OCH3 is 1. The molecule has 2 N–H and O–H groups in total. The van der Waals surface area contributed by atoms with Gasteiger partial charge in [-0.1, -0.05) is 30.3 Å². The molecule has 1 atom stereocenters. The lowest BCUT2D eigenvalue weighted by Crippen LogP contribution is -2.31. The lowest BCUT2D eigenvalue weighted by atomic mass is 10.1. The van der Waals surface area contributed by atoms with Gasteiger partial charge in [0.2, 0.25) is 0 Å². The first-order chi connectivity index (χ1) is 10.7. The van der Waals surface area contributed by atoms with E-state index < -0.39 is 0 Å². The first-order valence-electron chi connectivity index (χ1n) is 7.66. The van der Waals surface area contributed by atoms with Gasteiger partial charge in [0.15, 0.2) is 0 Å². The molecule has 0 fully saturated rings. The standard InChI is InChI=1S/C17H25N3OS/c1-14(21-2)17-19-16(13-22-17)12-20(11-9-18)10-8-15-6-4-3-5-7-15/h3-7,13-14H,8-12,18H2,1-2H3. The molecule has 120 valence electrons. The molecule has 0 spiro atoms. The van der Waals surface area contributed by atoms with Crippen molar-refractivity contribution >= 4 is 11.3 Å². The Hall–Kier alpha value is -1.27. The fourth-order valence-corrected chi connectivity index (χ4v) is 3.14. The van der Waals surface area contributed by atoms with E-state index in [1.54, 1.807) is 18.4 Å². The number of ether oxygens (including phenoxy) is 1. The Kier molecular flexibility index (Phi) is 6.99. The number of hydrogen-bond acceptors (Lipinski definition) is 5. The van der Waals surface area contributed by atoms with E-state index in [0.29, 0.717) is 6.54 Å². The van der Waals surface area contributed by atoms with Crippen LogP contribution in [0.15, 0.2) is 35.7 Å². The van der Waals surface area contributed by atoms with E-state index in [9.17, 15) is 0 Å². The predicted octanol–water partition coefficient (Wildman–Crippen LogP) is 2.85. The number of nitrogens with two attached hydrogens (primary N) is 1. The number of nitrogens with zero attached hydrogens (tertiary/aromatic N) is 2. The highest BCUT2D eigenvalue weighted by Crippen LogP contribution is 2.21. The summed E-state index contributed by atoms with van der Waals surface area (Å²) in [7, 11) is 1.71. The third-order valence-electron chi connectivity index (χ3n) is 3.66. The van der Waals surface area contributed by atoms with E-state index in [4.69, 9.17) is 10.5 Å². The first-order valence-corrected chi connectivity index (χ1v) is 8.54.